The average Bonchev–Trinajstić information content (AvgIpc) is 3.36. The van der Waals surface area contributed by atoms with Crippen molar-refractivity contribution in [2.24, 2.45) is 0 Å². The summed E-state index contributed by atoms with van der Waals surface area (Å²) in [5.74, 6) is 2.33. The number of nitrogens with zero attached hydrogens (tertiary/aromatic N) is 2. The van der Waals surface area contributed by atoms with Crippen molar-refractivity contribution in [3.63, 3.8) is 0 Å². The van der Waals surface area contributed by atoms with E-state index in [1.807, 2.05) is 41.1 Å². The molecule has 0 saturated heterocycles. The summed E-state index contributed by atoms with van der Waals surface area (Å²) in [6.07, 6.45) is 0.464. The highest BCUT2D eigenvalue weighted by molar-refractivity contribution is 7.08. The van der Waals surface area contributed by atoms with Crippen LogP contribution in [-0.4, -0.2) is 35.3 Å². The van der Waals surface area contributed by atoms with Gasteiger partial charge in [-0.1, -0.05) is 17.3 Å². The molecular formula is C18H17N3O4S. The van der Waals surface area contributed by atoms with E-state index >= 15 is 0 Å². The Morgan fingerprint density at radius 1 is 1.27 bits per heavy atom. The van der Waals surface area contributed by atoms with Crippen molar-refractivity contribution in [1.29, 1.82) is 0 Å². The number of ether oxygens (including phenoxy) is 2. The van der Waals surface area contributed by atoms with Crippen LogP contribution in [0.4, 0.5) is 0 Å². The molecule has 0 radical (unpaired) electrons. The molecule has 2 aromatic heterocycles. The predicted molar refractivity (Wildman–Crippen MR) is 95.3 cm³/mol. The third kappa shape index (κ3) is 3.85. The molecule has 134 valence electrons. The lowest BCUT2D eigenvalue weighted by Crippen LogP contribution is -2.40. The third-order valence-electron chi connectivity index (χ3n) is 3.91. The monoisotopic (exact) mass is 371 g/mol. The second-order valence-corrected chi connectivity index (χ2v) is 6.61. The fourth-order valence-electron chi connectivity index (χ4n) is 2.57. The molecule has 1 aromatic carbocycles. The van der Waals surface area contributed by atoms with Gasteiger partial charge in [0, 0.05) is 23.8 Å². The zero-order chi connectivity index (χ0) is 17.8. The molecule has 0 spiro atoms. The number of thiophene rings is 1. The molecule has 4 rings (SSSR count). The Morgan fingerprint density at radius 3 is 3.00 bits per heavy atom. The standard InChI is InChI=1S/C18H17N3O4S/c22-16(5-6-17-20-18(21-25-17)12-7-8-26-11-12)19-9-13-10-23-14-3-1-2-4-15(14)24-13/h1-4,7-8,11,13H,5-6,9-10H2,(H,19,22). The fourth-order valence-corrected chi connectivity index (χ4v) is 3.20. The second-order valence-electron chi connectivity index (χ2n) is 5.83. The number of benzene rings is 1. The van der Waals surface area contributed by atoms with E-state index in [0.29, 0.717) is 37.0 Å². The van der Waals surface area contributed by atoms with Crippen LogP contribution in [0.1, 0.15) is 12.3 Å². The highest BCUT2D eigenvalue weighted by Gasteiger charge is 2.21. The fraction of sp³-hybridized carbons (Fsp3) is 0.278. The highest BCUT2D eigenvalue weighted by atomic mass is 32.1. The van der Waals surface area contributed by atoms with Crippen molar-refractivity contribution in [1.82, 2.24) is 15.5 Å². The van der Waals surface area contributed by atoms with Crippen molar-refractivity contribution >= 4 is 17.2 Å². The van der Waals surface area contributed by atoms with Gasteiger partial charge in [0.2, 0.25) is 17.6 Å². The van der Waals surface area contributed by atoms with Crippen LogP contribution in [0.15, 0.2) is 45.6 Å². The zero-order valence-corrected chi connectivity index (χ0v) is 14.7. The van der Waals surface area contributed by atoms with Crippen LogP contribution in [-0.2, 0) is 11.2 Å². The zero-order valence-electron chi connectivity index (χ0n) is 13.9. The summed E-state index contributed by atoms with van der Waals surface area (Å²) >= 11 is 1.57. The number of carbonyl (C=O) groups excluding carboxylic acids is 1. The SMILES string of the molecule is O=C(CCc1nc(-c2ccsc2)no1)NCC1COc2ccccc2O1. The van der Waals surface area contributed by atoms with Gasteiger partial charge in [0.25, 0.3) is 0 Å². The van der Waals surface area contributed by atoms with E-state index in [1.54, 1.807) is 11.3 Å². The summed E-state index contributed by atoms with van der Waals surface area (Å²) < 4.78 is 16.6. The number of para-hydroxylation sites is 2. The maximum absolute atomic E-state index is 12.0. The quantitative estimate of drug-likeness (QED) is 0.717. The van der Waals surface area contributed by atoms with Crippen LogP contribution in [0.2, 0.25) is 0 Å². The van der Waals surface area contributed by atoms with E-state index < -0.39 is 0 Å². The molecule has 1 atom stereocenters. The van der Waals surface area contributed by atoms with Crippen molar-refractivity contribution in [2.75, 3.05) is 13.2 Å². The minimum absolute atomic E-state index is 0.0947. The molecule has 1 amide bonds. The smallest absolute Gasteiger partial charge is 0.227 e. The van der Waals surface area contributed by atoms with Gasteiger partial charge in [-0.2, -0.15) is 16.3 Å². The number of hydrogen-bond acceptors (Lipinski definition) is 7. The Balaban J connectivity index is 1.23. The first kappa shape index (κ1) is 16.6. The minimum atomic E-state index is -0.206. The summed E-state index contributed by atoms with van der Waals surface area (Å²) in [7, 11) is 0. The number of hydrogen-bond donors (Lipinski definition) is 1. The van der Waals surface area contributed by atoms with Crippen molar-refractivity contribution in [2.45, 2.75) is 18.9 Å². The molecule has 0 bridgehead atoms. The summed E-state index contributed by atoms with van der Waals surface area (Å²) in [6, 6.07) is 9.42. The normalized spacial score (nSPS) is 15.6. The molecule has 3 aromatic rings. The third-order valence-corrected chi connectivity index (χ3v) is 4.59. The summed E-state index contributed by atoms with van der Waals surface area (Å²) in [5.41, 5.74) is 0.921. The second kappa shape index (κ2) is 7.57. The van der Waals surface area contributed by atoms with Crippen molar-refractivity contribution < 1.29 is 18.8 Å². The van der Waals surface area contributed by atoms with E-state index in [9.17, 15) is 4.79 Å². The number of aryl methyl sites for hydroxylation is 1. The van der Waals surface area contributed by atoms with E-state index in [2.05, 4.69) is 15.5 Å². The Morgan fingerprint density at radius 2 is 2.15 bits per heavy atom. The number of carbonyl (C=O) groups is 1. The first-order chi connectivity index (χ1) is 12.8. The molecule has 3 heterocycles. The van der Waals surface area contributed by atoms with E-state index in [4.69, 9.17) is 14.0 Å². The van der Waals surface area contributed by atoms with Gasteiger partial charge in [-0.05, 0) is 23.6 Å². The lowest BCUT2D eigenvalue weighted by atomic mass is 10.2. The van der Waals surface area contributed by atoms with Crippen LogP contribution in [0.3, 0.4) is 0 Å². The lowest BCUT2D eigenvalue weighted by Gasteiger charge is -2.26. The summed E-state index contributed by atoms with van der Waals surface area (Å²) in [6.45, 7) is 0.794. The van der Waals surface area contributed by atoms with E-state index in [-0.39, 0.29) is 18.4 Å². The van der Waals surface area contributed by atoms with Gasteiger partial charge in [0.1, 0.15) is 12.7 Å². The van der Waals surface area contributed by atoms with Crippen molar-refractivity contribution in [3.8, 4) is 22.9 Å². The number of aromatic nitrogens is 2. The minimum Gasteiger partial charge on any atom is -0.486 e. The van der Waals surface area contributed by atoms with Crippen LogP contribution >= 0.6 is 11.3 Å². The number of amides is 1. The molecule has 26 heavy (non-hydrogen) atoms. The van der Waals surface area contributed by atoms with E-state index in [1.165, 1.54) is 0 Å². The molecule has 0 aliphatic carbocycles. The van der Waals surface area contributed by atoms with Crippen LogP contribution < -0.4 is 14.8 Å². The van der Waals surface area contributed by atoms with E-state index in [0.717, 1.165) is 11.3 Å². The van der Waals surface area contributed by atoms with Gasteiger partial charge >= 0.3 is 0 Å². The molecule has 0 saturated carbocycles. The molecule has 8 heteroatoms. The first-order valence-corrected chi connectivity index (χ1v) is 9.22. The molecular weight excluding hydrogens is 354 g/mol. The summed E-state index contributed by atoms with van der Waals surface area (Å²) in [5, 5.41) is 10.7. The van der Waals surface area contributed by atoms with Crippen LogP contribution in [0, 0.1) is 0 Å². The Hall–Kier alpha value is -2.87. The van der Waals surface area contributed by atoms with Gasteiger partial charge < -0.3 is 19.3 Å². The largest absolute Gasteiger partial charge is 0.486 e. The van der Waals surface area contributed by atoms with Crippen LogP contribution in [0.25, 0.3) is 11.4 Å². The Labute approximate surface area is 153 Å². The van der Waals surface area contributed by atoms with Gasteiger partial charge in [0.15, 0.2) is 11.5 Å². The van der Waals surface area contributed by atoms with Crippen LogP contribution in [0.5, 0.6) is 11.5 Å². The molecule has 7 nitrogen and oxygen atoms in total. The Bertz CT molecular complexity index is 878. The molecule has 1 N–H and O–H groups in total. The lowest BCUT2D eigenvalue weighted by molar-refractivity contribution is -0.121. The molecule has 1 aliphatic rings. The van der Waals surface area contributed by atoms with Gasteiger partial charge in [-0.15, -0.1) is 0 Å². The molecule has 0 fully saturated rings. The first-order valence-electron chi connectivity index (χ1n) is 8.28. The van der Waals surface area contributed by atoms with Crippen molar-refractivity contribution in [3.05, 3.63) is 47.0 Å². The number of nitrogens with one attached hydrogen (secondary N) is 1. The molecule has 1 unspecified atom stereocenters. The number of rotatable bonds is 6. The van der Waals surface area contributed by atoms with Gasteiger partial charge in [-0.25, -0.2) is 0 Å². The summed E-state index contributed by atoms with van der Waals surface area (Å²) in [4.78, 5) is 16.3. The predicted octanol–water partition coefficient (Wildman–Crippen LogP) is 2.69. The maximum atomic E-state index is 12.0. The highest BCUT2D eigenvalue weighted by Crippen LogP contribution is 2.30. The maximum Gasteiger partial charge on any atom is 0.227 e. The average molecular weight is 371 g/mol. The van der Waals surface area contributed by atoms with Gasteiger partial charge in [0.05, 0.1) is 6.54 Å². The molecule has 1 aliphatic heterocycles. The topological polar surface area (TPSA) is 86.5 Å². The van der Waals surface area contributed by atoms with Gasteiger partial charge in [-0.3, -0.25) is 4.79 Å². The Kier molecular flexibility index (Phi) is 4.83. The number of fused-ring (bicyclic) bond motifs is 1.